The number of amides is 2. The van der Waals surface area contributed by atoms with Crippen molar-refractivity contribution < 1.29 is 18.7 Å². The Hall–Kier alpha value is -1.75. The van der Waals surface area contributed by atoms with Crippen molar-refractivity contribution in [1.29, 1.82) is 0 Å². The summed E-state index contributed by atoms with van der Waals surface area (Å²) < 4.78 is 19.5. The van der Waals surface area contributed by atoms with Gasteiger partial charge in [-0.15, -0.1) is 18.2 Å². The Balaban J connectivity index is 1.97. The number of halogens is 2. The number of hydrogen-bond donors (Lipinski definition) is 1. The third-order valence-corrected chi connectivity index (χ3v) is 5.18. The maximum atomic E-state index is 14.3. The molecule has 2 aliphatic rings. The van der Waals surface area contributed by atoms with Gasteiger partial charge in [-0.2, -0.15) is 0 Å². The second-order valence-corrected chi connectivity index (χ2v) is 6.98. The van der Waals surface area contributed by atoms with Gasteiger partial charge in [0.1, 0.15) is 29.5 Å². The second kappa shape index (κ2) is 6.04. The van der Waals surface area contributed by atoms with E-state index in [1.54, 1.807) is 0 Å². The molecule has 2 saturated heterocycles. The zero-order valence-electron chi connectivity index (χ0n) is 12.0. The smallest absolute Gasteiger partial charge is 0.252 e. The SMILES string of the molecule is C#CCOc1cc(N2C(=O)C3NC(C)SC3C2=O)c(F)cc1Cl. The standard InChI is InChI=1S/C15H12ClFN2O3S/c1-3-4-22-11-6-10(9(17)5-8(11)16)19-14(20)12-13(15(19)21)23-7(2)18-12/h1,5-7,12-13,18H,4H2,2H3. The molecule has 0 bridgehead atoms. The number of terminal acetylenes is 1. The Morgan fingerprint density at radius 3 is 2.87 bits per heavy atom. The molecule has 3 atom stereocenters. The molecule has 1 aromatic carbocycles. The van der Waals surface area contributed by atoms with Crippen molar-refractivity contribution in [3.8, 4) is 18.1 Å². The number of thioether (sulfide) groups is 1. The van der Waals surface area contributed by atoms with Crippen molar-refractivity contribution in [2.75, 3.05) is 11.5 Å². The molecule has 0 spiro atoms. The maximum absolute atomic E-state index is 14.3. The first-order chi connectivity index (χ1) is 10.9. The minimum Gasteiger partial charge on any atom is -0.479 e. The molecule has 0 aromatic heterocycles. The topological polar surface area (TPSA) is 58.6 Å². The van der Waals surface area contributed by atoms with Gasteiger partial charge in [0, 0.05) is 6.07 Å². The molecule has 3 unspecified atom stereocenters. The van der Waals surface area contributed by atoms with Crippen LogP contribution in [-0.2, 0) is 9.59 Å². The highest BCUT2D eigenvalue weighted by Crippen LogP contribution is 2.39. The van der Waals surface area contributed by atoms with Gasteiger partial charge < -0.3 is 4.74 Å². The van der Waals surface area contributed by atoms with Crippen LogP contribution in [0.2, 0.25) is 5.02 Å². The Bertz CT molecular complexity index is 712. The first-order valence-corrected chi connectivity index (χ1v) is 8.10. The summed E-state index contributed by atoms with van der Waals surface area (Å²) in [4.78, 5) is 25.8. The highest BCUT2D eigenvalue weighted by atomic mass is 35.5. The largest absolute Gasteiger partial charge is 0.479 e. The number of benzene rings is 1. The minimum absolute atomic E-state index is 0.00959. The van der Waals surface area contributed by atoms with Crippen LogP contribution in [0.4, 0.5) is 10.1 Å². The first kappa shape index (κ1) is 16.1. The molecule has 5 nitrogen and oxygen atoms in total. The van der Waals surface area contributed by atoms with E-state index in [4.69, 9.17) is 22.8 Å². The summed E-state index contributed by atoms with van der Waals surface area (Å²) in [6.07, 6.45) is 5.11. The molecule has 23 heavy (non-hydrogen) atoms. The van der Waals surface area contributed by atoms with Gasteiger partial charge in [-0.1, -0.05) is 17.5 Å². The second-order valence-electron chi connectivity index (χ2n) is 5.08. The van der Waals surface area contributed by atoms with Crippen molar-refractivity contribution in [3.05, 3.63) is 23.0 Å². The molecule has 120 valence electrons. The van der Waals surface area contributed by atoms with Crippen molar-refractivity contribution in [1.82, 2.24) is 5.32 Å². The summed E-state index contributed by atoms with van der Waals surface area (Å²) in [5, 5.41) is 2.47. The molecule has 2 heterocycles. The molecule has 2 aliphatic heterocycles. The molecule has 0 radical (unpaired) electrons. The monoisotopic (exact) mass is 354 g/mol. The van der Waals surface area contributed by atoms with E-state index in [9.17, 15) is 14.0 Å². The van der Waals surface area contributed by atoms with Crippen LogP contribution in [0.5, 0.6) is 5.75 Å². The van der Waals surface area contributed by atoms with Gasteiger partial charge in [-0.3, -0.25) is 14.9 Å². The molecule has 3 rings (SSSR count). The fourth-order valence-corrected chi connectivity index (χ4v) is 4.06. The molecule has 8 heteroatoms. The fraction of sp³-hybridized carbons (Fsp3) is 0.333. The Morgan fingerprint density at radius 2 is 2.22 bits per heavy atom. The number of rotatable bonds is 3. The van der Waals surface area contributed by atoms with E-state index >= 15 is 0 Å². The summed E-state index contributed by atoms with van der Waals surface area (Å²) in [5.41, 5.74) is -0.180. The van der Waals surface area contributed by atoms with Crippen molar-refractivity contribution in [2.24, 2.45) is 0 Å². The van der Waals surface area contributed by atoms with E-state index in [-0.39, 0.29) is 28.4 Å². The number of anilines is 1. The van der Waals surface area contributed by atoms with Crippen LogP contribution in [0.3, 0.4) is 0 Å². The summed E-state index contributed by atoms with van der Waals surface area (Å²) >= 11 is 7.24. The molecule has 1 aromatic rings. The van der Waals surface area contributed by atoms with Crippen LogP contribution in [0.15, 0.2) is 12.1 Å². The third kappa shape index (κ3) is 2.67. The molecule has 0 aliphatic carbocycles. The lowest BCUT2D eigenvalue weighted by Gasteiger charge is -2.19. The summed E-state index contributed by atoms with van der Waals surface area (Å²) in [7, 11) is 0. The van der Waals surface area contributed by atoms with Crippen molar-refractivity contribution in [3.63, 3.8) is 0 Å². The zero-order valence-corrected chi connectivity index (χ0v) is 13.6. The van der Waals surface area contributed by atoms with Gasteiger partial charge in [0.15, 0.2) is 0 Å². The average Bonchev–Trinajstić information content (AvgIpc) is 2.98. The van der Waals surface area contributed by atoms with Gasteiger partial charge in [0.05, 0.1) is 16.1 Å². The van der Waals surface area contributed by atoms with Gasteiger partial charge in [0.25, 0.3) is 5.91 Å². The molecule has 2 amide bonds. The highest BCUT2D eigenvalue weighted by molar-refractivity contribution is 8.01. The van der Waals surface area contributed by atoms with Crippen LogP contribution in [0, 0.1) is 18.2 Å². The van der Waals surface area contributed by atoms with Crippen molar-refractivity contribution in [2.45, 2.75) is 23.6 Å². The summed E-state index contributed by atoms with van der Waals surface area (Å²) in [6.45, 7) is 1.80. The van der Waals surface area contributed by atoms with Gasteiger partial charge in [0.2, 0.25) is 5.91 Å². The Morgan fingerprint density at radius 1 is 1.48 bits per heavy atom. The van der Waals surface area contributed by atoms with Crippen LogP contribution in [-0.4, -0.2) is 35.1 Å². The van der Waals surface area contributed by atoms with E-state index in [2.05, 4.69) is 11.2 Å². The highest BCUT2D eigenvalue weighted by Gasteiger charge is 2.53. The van der Waals surface area contributed by atoms with Crippen LogP contribution in [0.1, 0.15) is 6.92 Å². The number of imide groups is 1. The first-order valence-electron chi connectivity index (χ1n) is 6.78. The minimum atomic E-state index is -0.775. The molecular formula is C15H12ClFN2O3S. The van der Waals surface area contributed by atoms with Crippen LogP contribution in [0.25, 0.3) is 0 Å². The van der Waals surface area contributed by atoms with Gasteiger partial charge >= 0.3 is 0 Å². The molecular weight excluding hydrogens is 343 g/mol. The van der Waals surface area contributed by atoms with E-state index in [0.29, 0.717) is 0 Å². The normalized spacial score (nSPS) is 26.3. The summed E-state index contributed by atoms with van der Waals surface area (Å²) in [5.74, 6) is 0.671. The number of nitrogens with zero attached hydrogens (tertiary/aromatic N) is 1. The molecule has 2 fully saturated rings. The number of ether oxygens (including phenoxy) is 1. The lowest BCUT2D eigenvalue weighted by molar-refractivity contribution is -0.121. The number of nitrogens with one attached hydrogen (secondary N) is 1. The maximum Gasteiger partial charge on any atom is 0.252 e. The van der Waals surface area contributed by atoms with Gasteiger partial charge in [-0.05, 0) is 13.0 Å². The lowest BCUT2D eigenvalue weighted by Crippen LogP contribution is -2.40. The van der Waals surface area contributed by atoms with E-state index < -0.39 is 28.9 Å². The zero-order chi connectivity index (χ0) is 16.7. The van der Waals surface area contributed by atoms with Gasteiger partial charge in [-0.25, -0.2) is 9.29 Å². The number of fused-ring (bicyclic) bond motifs is 1. The molecule has 0 saturated carbocycles. The van der Waals surface area contributed by atoms with E-state index in [1.165, 1.54) is 17.8 Å². The number of carbonyl (C=O) groups is 2. The summed E-state index contributed by atoms with van der Waals surface area (Å²) in [6, 6.07) is 1.58. The predicted molar refractivity (Wildman–Crippen MR) is 86.0 cm³/mol. The van der Waals surface area contributed by atoms with E-state index in [1.807, 2.05) is 6.92 Å². The Labute approximate surface area is 141 Å². The number of hydrogen-bond acceptors (Lipinski definition) is 5. The lowest BCUT2D eigenvalue weighted by atomic mass is 10.2. The average molecular weight is 355 g/mol. The third-order valence-electron chi connectivity index (χ3n) is 3.57. The number of carbonyl (C=O) groups excluding carboxylic acids is 2. The quantitative estimate of drug-likeness (QED) is 0.662. The predicted octanol–water partition coefficient (Wildman–Crippen LogP) is 1.78. The molecule has 1 N–H and O–H groups in total. The van der Waals surface area contributed by atoms with E-state index in [0.717, 1.165) is 11.0 Å². The van der Waals surface area contributed by atoms with Crippen LogP contribution >= 0.6 is 23.4 Å². The van der Waals surface area contributed by atoms with Crippen molar-refractivity contribution >= 4 is 40.9 Å². The van der Waals surface area contributed by atoms with Crippen LogP contribution < -0.4 is 15.0 Å². The Kier molecular flexibility index (Phi) is 4.23. The fourth-order valence-electron chi connectivity index (χ4n) is 2.61.